The van der Waals surface area contributed by atoms with E-state index in [1.54, 1.807) is 24.3 Å². The number of hydrogen-bond acceptors (Lipinski definition) is 4. The molecule has 1 fully saturated rings. The number of aliphatic carboxylic acids is 1. The molecule has 0 heterocycles. The first kappa shape index (κ1) is 18.3. The van der Waals surface area contributed by atoms with E-state index in [4.69, 9.17) is 14.6 Å². The Kier molecular flexibility index (Phi) is 7.06. The Morgan fingerprint density at radius 3 is 2.46 bits per heavy atom. The minimum Gasteiger partial charge on any atom is -0.482 e. The zero-order valence-corrected chi connectivity index (χ0v) is 14.0. The van der Waals surface area contributed by atoms with E-state index < -0.39 is 18.7 Å². The number of carbonyl (C=O) groups is 2. The predicted molar refractivity (Wildman–Crippen MR) is 90.2 cm³/mol. The average molecular weight is 335 g/mol. The van der Waals surface area contributed by atoms with Gasteiger partial charge in [0, 0.05) is 5.69 Å². The third-order valence-electron chi connectivity index (χ3n) is 4.06. The van der Waals surface area contributed by atoms with E-state index in [9.17, 15) is 9.59 Å². The van der Waals surface area contributed by atoms with Crippen LogP contribution in [0.25, 0.3) is 0 Å². The number of carboxylic acid groups (broad SMARTS) is 1. The van der Waals surface area contributed by atoms with Crippen molar-refractivity contribution in [3.8, 4) is 5.75 Å². The van der Waals surface area contributed by atoms with Crippen LogP contribution >= 0.6 is 0 Å². The van der Waals surface area contributed by atoms with Crippen molar-refractivity contribution in [3.05, 3.63) is 24.3 Å². The van der Waals surface area contributed by atoms with E-state index in [1.165, 1.54) is 19.3 Å². The summed E-state index contributed by atoms with van der Waals surface area (Å²) in [5.41, 5.74) is 0.633. The van der Waals surface area contributed by atoms with Crippen LogP contribution in [0.15, 0.2) is 24.3 Å². The van der Waals surface area contributed by atoms with Crippen LogP contribution in [-0.2, 0) is 14.3 Å². The van der Waals surface area contributed by atoms with Gasteiger partial charge < -0.3 is 19.9 Å². The van der Waals surface area contributed by atoms with Crippen molar-refractivity contribution in [2.45, 2.75) is 57.7 Å². The molecule has 0 spiro atoms. The van der Waals surface area contributed by atoms with Gasteiger partial charge in [0.1, 0.15) is 11.9 Å². The van der Waals surface area contributed by atoms with E-state index in [0.29, 0.717) is 17.9 Å². The van der Waals surface area contributed by atoms with E-state index >= 15 is 0 Å². The molecule has 1 aliphatic carbocycles. The highest BCUT2D eigenvalue weighted by Crippen LogP contribution is 2.23. The molecule has 132 valence electrons. The molecule has 1 amide bonds. The zero-order chi connectivity index (χ0) is 17.4. The highest BCUT2D eigenvalue weighted by molar-refractivity contribution is 5.94. The second-order valence-electron chi connectivity index (χ2n) is 5.99. The van der Waals surface area contributed by atoms with Crippen LogP contribution in [0.2, 0.25) is 0 Å². The molecule has 24 heavy (non-hydrogen) atoms. The van der Waals surface area contributed by atoms with Gasteiger partial charge in [-0.1, -0.05) is 26.2 Å². The van der Waals surface area contributed by atoms with Gasteiger partial charge in [0.2, 0.25) is 0 Å². The molecule has 6 heteroatoms. The predicted octanol–water partition coefficient (Wildman–Crippen LogP) is 3.22. The summed E-state index contributed by atoms with van der Waals surface area (Å²) in [5, 5.41) is 11.4. The lowest BCUT2D eigenvalue weighted by atomic mass is 9.97. The van der Waals surface area contributed by atoms with Gasteiger partial charge in [0.05, 0.1) is 6.10 Å². The van der Waals surface area contributed by atoms with Gasteiger partial charge >= 0.3 is 5.97 Å². The van der Waals surface area contributed by atoms with E-state index in [2.05, 4.69) is 5.32 Å². The number of amides is 1. The molecular weight excluding hydrogens is 310 g/mol. The number of rotatable bonds is 8. The third-order valence-corrected chi connectivity index (χ3v) is 4.06. The van der Waals surface area contributed by atoms with Gasteiger partial charge in [-0.25, -0.2) is 4.79 Å². The van der Waals surface area contributed by atoms with E-state index in [-0.39, 0.29) is 12.0 Å². The molecule has 1 aromatic rings. The number of ether oxygens (including phenoxy) is 2. The molecule has 1 aliphatic rings. The van der Waals surface area contributed by atoms with Crippen LogP contribution in [-0.4, -0.2) is 35.8 Å². The number of carbonyl (C=O) groups excluding carboxylic acids is 1. The maximum absolute atomic E-state index is 12.4. The summed E-state index contributed by atoms with van der Waals surface area (Å²) in [6.45, 7) is 1.55. The number of hydrogen-bond donors (Lipinski definition) is 2. The number of anilines is 1. The van der Waals surface area contributed by atoms with Gasteiger partial charge in [-0.2, -0.15) is 0 Å². The summed E-state index contributed by atoms with van der Waals surface area (Å²) < 4.78 is 11.0. The molecule has 1 saturated carbocycles. The Hall–Kier alpha value is -2.08. The number of carboxylic acids is 1. The first-order chi connectivity index (χ1) is 11.6. The van der Waals surface area contributed by atoms with Crippen molar-refractivity contribution in [2.24, 2.45) is 0 Å². The highest BCUT2D eigenvalue weighted by atomic mass is 16.5. The van der Waals surface area contributed by atoms with Gasteiger partial charge in [0.25, 0.3) is 5.91 Å². The van der Waals surface area contributed by atoms with Crippen LogP contribution in [0.4, 0.5) is 5.69 Å². The largest absolute Gasteiger partial charge is 0.482 e. The Morgan fingerprint density at radius 2 is 1.88 bits per heavy atom. The second kappa shape index (κ2) is 9.27. The maximum atomic E-state index is 12.4. The van der Waals surface area contributed by atoms with E-state index in [1.807, 2.05) is 6.92 Å². The molecular formula is C18H25NO5. The van der Waals surface area contributed by atoms with Crippen LogP contribution in [0, 0.1) is 0 Å². The van der Waals surface area contributed by atoms with Crippen LogP contribution in [0.5, 0.6) is 5.75 Å². The van der Waals surface area contributed by atoms with E-state index in [0.717, 1.165) is 12.8 Å². The van der Waals surface area contributed by atoms with Gasteiger partial charge in [-0.15, -0.1) is 0 Å². The first-order valence-corrected chi connectivity index (χ1v) is 8.49. The minimum absolute atomic E-state index is 0.151. The summed E-state index contributed by atoms with van der Waals surface area (Å²) in [6.07, 6.45) is 6.00. The summed E-state index contributed by atoms with van der Waals surface area (Å²) in [5.74, 6) is -0.735. The maximum Gasteiger partial charge on any atom is 0.341 e. The quantitative estimate of drug-likeness (QED) is 0.762. The molecule has 2 N–H and O–H groups in total. The van der Waals surface area contributed by atoms with Crippen molar-refractivity contribution in [2.75, 3.05) is 11.9 Å². The highest BCUT2D eigenvalue weighted by Gasteiger charge is 2.23. The first-order valence-electron chi connectivity index (χ1n) is 8.49. The van der Waals surface area contributed by atoms with Crippen molar-refractivity contribution in [1.82, 2.24) is 0 Å². The molecule has 0 saturated heterocycles. The summed E-state index contributed by atoms with van der Waals surface area (Å²) in [4.78, 5) is 22.8. The second-order valence-corrected chi connectivity index (χ2v) is 5.99. The fourth-order valence-electron chi connectivity index (χ4n) is 2.78. The average Bonchev–Trinajstić information content (AvgIpc) is 2.59. The molecule has 0 bridgehead atoms. The van der Waals surface area contributed by atoms with Crippen LogP contribution in [0.1, 0.15) is 45.4 Å². The Balaban J connectivity index is 1.85. The van der Waals surface area contributed by atoms with Gasteiger partial charge in [0.15, 0.2) is 6.61 Å². The Labute approximate surface area is 142 Å². The van der Waals surface area contributed by atoms with Crippen molar-refractivity contribution >= 4 is 17.6 Å². The lowest BCUT2D eigenvalue weighted by Crippen LogP contribution is -2.34. The molecule has 0 aliphatic heterocycles. The molecule has 1 atom stereocenters. The van der Waals surface area contributed by atoms with Crippen LogP contribution < -0.4 is 10.1 Å². The van der Waals surface area contributed by atoms with Crippen molar-refractivity contribution in [1.29, 1.82) is 0 Å². The summed E-state index contributed by atoms with van der Waals surface area (Å²) in [7, 11) is 0. The van der Waals surface area contributed by atoms with Crippen molar-refractivity contribution in [3.63, 3.8) is 0 Å². The minimum atomic E-state index is -1.03. The van der Waals surface area contributed by atoms with Gasteiger partial charge in [-0.05, 0) is 43.5 Å². The SMILES string of the molecule is CCC(OC1CCCCC1)C(=O)Nc1ccc(OCC(=O)O)cc1. The Morgan fingerprint density at radius 1 is 1.21 bits per heavy atom. The molecule has 6 nitrogen and oxygen atoms in total. The molecule has 1 aromatic carbocycles. The molecule has 0 aromatic heterocycles. The number of benzene rings is 1. The molecule has 2 rings (SSSR count). The lowest BCUT2D eigenvalue weighted by Gasteiger charge is -2.26. The summed E-state index contributed by atoms with van der Waals surface area (Å²) >= 11 is 0. The molecule has 0 radical (unpaired) electrons. The zero-order valence-electron chi connectivity index (χ0n) is 14.0. The standard InChI is InChI=1S/C18H25NO5/c1-2-16(24-15-6-4-3-5-7-15)18(22)19-13-8-10-14(11-9-13)23-12-17(20)21/h8-11,15-16H,2-7,12H2,1H3,(H,19,22)(H,20,21). The lowest BCUT2D eigenvalue weighted by molar-refractivity contribution is -0.139. The summed E-state index contributed by atoms with van der Waals surface area (Å²) in [6, 6.07) is 6.62. The van der Waals surface area contributed by atoms with Crippen molar-refractivity contribution < 1.29 is 24.2 Å². The molecule has 1 unspecified atom stereocenters. The fraction of sp³-hybridized carbons (Fsp3) is 0.556. The smallest absolute Gasteiger partial charge is 0.341 e. The van der Waals surface area contributed by atoms with Gasteiger partial charge in [-0.3, -0.25) is 4.79 Å². The topological polar surface area (TPSA) is 84.9 Å². The number of nitrogens with one attached hydrogen (secondary N) is 1. The fourth-order valence-corrected chi connectivity index (χ4v) is 2.78. The normalized spacial score (nSPS) is 16.4. The van der Waals surface area contributed by atoms with Crippen LogP contribution in [0.3, 0.4) is 0 Å². The monoisotopic (exact) mass is 335 g/mol. The third kappa shape index (κ3) is 5.85. The Bertz CT molecular complexity index is 537.